The second kappa shape index (κ2) is 10.4. The minimum absolute atomic E-state index is 0.201. The number of imide groups is 1. The molecule has 0 bridgehead atoms. The van der Waals surface area contributed by atoms with Crippen LogP contribution in [0.25, 0.3) is 0 Å². The number of esters is 1. The van der Waals surface area contributed by atoms with Gasteiger partial charge in [-0.3, -0.25) is 14.9 Å². The summed E-state index contributed by atoms with van der Waals surface area (Å²) in [6.45, 7) is 3.16. The zero-order valence-corrected chi connectivity index (χ0v) is 18.2. The van der Waals surface area contributed by atoms with Gasteiger partial charge >= 0.3 is 12.0 Å². The third-order valence-electron chi connectivity index (χ3n) is 4.34. The van der Waals surface area contributed by atoms with Crippen molar-refractivity contribution >= 4 is 46.5 Å². The maximum absolute atomic E-state index is 12.1. The number of rotatable bonds is 6. The summed E-state index contributed by atoms with van der Waals surface area (Å²) >= 11 is 1.32. The van der Waals surface area contributed by atoms with Gasteiger partial charge in [-0.05, 0) is 61.2 Å². The van der Waals surface area contributed by atoms with Crippen molar-refractivity contribution in [1.29, 1.82) is 0 Å². The summed E-state index contributed by atoms with van der Waals surface area (Å²) in [7, 11) is 0. The van der Waals surface area contributed by atoms with Crippen molar-refractivity contribution in [3.8, 4) is 0 Å². The number of hydrogen-bond acceptors (Lipinski definition) is 6. The number of hydrogen-bond donors (Lipinski definition) is 3. The summed E-state index contributed by atoms with van der Waals surface area (Å²) in [6.07, 6.45) is 0. The Morgan fingerprint density at radius 2 is 1.69 bits per heavy atom. The first-order valence-electron chi connectivity index (χ1n) is 9.62. The molecule has 0 aliphatic rings. The number of amides is 4. The van der Waals surface area contributed by atoms with Crippen LogP contribution in [0.5, 0.6) is 0 Å². The number of anilines is 2. The topological polar surface area (TPSA) is 114 Å². The van der Waals surface area contributed by atoms with E-state index in [-0.39, 0.29) is 11.5 Å². The van der Waals surface area contributed by atoms with Crippen LogP contribution in [0.15, 0.2) is 60.0 Å². The fraction of sp³-hybridized carbons (Fsp3) is 0.130. The number of carbonyl (C=O) groups excluding carboxylic acids is 4. The second-order valence-corrected chi connectivity index (χ2v) is 7.85. The molecule has 2 aromatic carbocycles. The lowest BCUT2D eigenvalue weighted by atomic mass is 10.1. The first kappa shape index (κ1) is 22.7. The zero-order chi connectivity index (χ0) is 23.1. The molecule has 32 heavy (non-hydrogen) atoms. The van der Waals surface area contributed by atoms with Crippen molar-refractivity contribution in [3.05, 3.63) is 81.5 Å². The van der Waals surface area contributed by atoms with E-state index < -0.39 is 24.5 Å². The van der Waals surface area contributed by atoms with Crippen molar-refractivity contribution < 1.29 is 23.9 Å². The highest BCUT2D eigenvalue weighted by molar-refractivity contribution is 7.12. The number of aryl methyl sites for hydroxylation is 2. The number of nitrogens with one attached hydrogen (secondary N) is 3. The Morgan fingerprint density at radius 3 is 2.34 bits per heavy atom. The smallest absolute Gasteiger partial charge is 0.338 e. The summed E-state index contributed by atoms with van der Waals surface area (Å²) in [5, 5.41) is 9.21. The van der Waals surface area contributed by atoms with Gasteiger partial charge in [0.05, 0.1) is 10.4 Å². The maximum Gasteiger partial charge on any atom is 0.338 e. The van der Waals surface area contributed by atoms with E-state index in [1.807, 2.05) is 26.0 Å². The van der Waals surface area contributed by atoms with Gasteiger partial charge in [0.25, 0.3) is 11.8 Å². The Bertz CT molecular complexity index is 1140. The third kappa shape index (κ3) is 6.26. The molecule has 3 aromatic rings. The predicted molar refractivity (Wildman–Crippen MR) is 122 cm³/mol. The highest BCUT2D eigenvalue weighted by atomic mass is 32.1. The van der Waals surface area contributed by atoms with Gasteiger partial charge in [-0.25, -0.2) is 9.59 Å². The van der Waals surface area contributed by atoms with E-state index in [4.69, 9.17) is 4.74 Å². The molecule has 0 spiro atoms. The van der Waals surface area contributed by atoms with Crippen LogP contribution in [0.3, 0.4) is 0 Å². The molecule has 1 aromatic heterocycles. The Balaban J connectivity index is 1.45. The molecule has 0 saturated heterocycles. The largest absolute Gasteiger partial charge is 0.452 e. The van der Waals surface area contributed by atoms with E-state index in [1.165, 1.54) is 23.5 Å². The Hall–Kier alpha value is -3.98. The van der Waals surface area contributed by atoms with Crippen LogP contribution in [-0.2, 0) is 9.53 Å². The number of benzene rings is 2. The molecule has 0 saturated carbocycles. The van der Waals surface area contributed by atoms with Crippen LogP contribution >= 0.6 is 11.3 Å². The number of thiophene rings is 1. The summed E-state index contributed by atoms with van der Waals surface area (Å²) in [4.78, 5) is 48.6. The molecule has 164 valence electrons. The van der Waals surface area contributed by atoms with E-state index in [1.54, 1.807) is 35.7 Å². The molecule has 0 atom stereocenters. The third-order valence-corrected chi connectivity index (χ3v) is 5.21. The van der Waals surface area contributed by atoms with Gasteiger partial charge in [-0.15, -0.1) is 11.3 Å². The molecule has 3 rings (SSSR count). The fourth-order valence-corrected chi connectivity index (χ4v) is 3.39. The summed E-state index contributed by atoms with van der Waals surface area (Å²) in [5.74, 6) is -1.74. The van der Waals surface area contributed by atoms with E-state index in [0.29, 0.717) is 16.3 Å². The fourth-order valence-electron chi connectivity index (χ4n) is 2.77. The first-order valence-corrected chi connectivity index (χ1v) is 10.5. The van der Waals surface area contributed by atoms with Gasteiger partial charge in [0.2, 0.25) is 0 Å². The number of urea groups is 1. The van der Waals surface area contributed by atoms with Crippen LogP contribution in [0.2, 0.25) is 0 Å². The van der Waals surface area contributed by atoms with Crippen molar-refractivity contribution in [1.82, 2.24) is 5.32 Å². The van der Waals surface area contributed by atoms with Crippen molar-refractivity contribution in [2.24, 2.45) is 0 Å². The molecule has 0 radical (unpaired) electrons. The normalized spacial score (nSPS) is 10.2. The SMILES string of the molecule is Cc1ccc(NC(=O)NC(=O)COC(=O)c2ccc(NC(=O)c3cccs3)cc2)c(C)c1. The van der Waals surface area contributed by atoms with Gasteiger partial charge in [-0.2, -0.15) is 0 Å². The predicted octanol–water partition coefficient (Wildman–Crippen LogP) is 4.12. The quantitative estimate of drug-likeness (QED) is 0.488. The second-order valence-electron chi connectivity index (χ2n) is 6.91. The highest BCUT2D eigenvalue weighted by Crippen LogP contribution is 2.16. The van der Waals surface area contributed by atoms with E-state index in [9.17, 15) is 19.2 Å². The van der Waals surface area contributed by atoms with E-state index in [2.05, 4.69) is 16.0 Å². The van der Waals surface area contributed by atoms with Crippen molar-refractivity contribution in [3.63, 3.8) is 0 Å². The average molecular weight is 452 g/mol. The van der Waals surface area contributed by atoms with Crippen LogP contribution in [0, 0.1) is 13.8 Å². The van der Waals surface area contributed by atoms with Gasteiger partial charge in [0.1, 0.15) is 0 Å². The average Bonchev–Trinajstić information content (AvgIpc) is 3.30. The zero-order valence-electron chi connectivity index (χ0n) is 17.4. The Kier molecular flexibility index (Phi) is 7.35. The van der Waals surface area contributed by atoms with Gasteiger partial charge in [0, 0.05) is 11.4 Å². The highest BCUT2D eigenvalue weighted by Gasteiger charge is 2.14. The van der Waals surface area contributed by atoms with Crippen molar-refractivity contribution in [2.45, 2.75) is 13.8 Å². The van der Waals surface area contributed by atoms with E-state index in [0.717, 1.165) is 11.1 Å². The minimum Gasteiger partial charge on any atom is -0.452 e. The Labute approximate surface area is 188 Å². The van der Waals surface area contributed by atoms with Gasteiger partial charge < -0.3 is 15.4 Å². The lowest BCUT2D eigenvalue weighted by Gasteiger charge is -2.10. The molecular weight excluding hydrogens is 430 g/mol. The van der Waals surface area contributed by atoms with Crippen LogP contribution in [-0.4, -0.2) is 30.4 Å². The molecule has 0 aliphatic heterocycles. The molecule has 9 heteroatoms. The van der Waals surface area contributed by atoms with Gasteiger partial charge in [-0.1, -0.05) is 23.8 Å². The molecular formula is C23H21N3O5S. The summed E-state index contributed by atoms with van der Waals surface area (Å²) in [5.41, 5.74) is 3.19. The van der Waals surface area contributed by atoms with Crippen molar-refractivity contribution in [2.75, 3.05) is 17.2 Å². The van der Waals surface area contributed by atoms with Gasteiger partial charge in [0.15, 0.2) is 6.61 Å². The number of carbonyl (C=O) groups is 4. The molecule has 0 aliphatic carbocycles. The molecule has 0 fully saturated rings. The monoisotopic (exact) mass is 451 g/mol. The molecule has 3 N–H and O–H groups in total. The summed E-state index contributed by atoms with van der Waals surface area (Å²) in [6, 6.07) is 14.3. The van der Waals surface area contributed by atoms with Crippen LogP contribution in [0.4, 0.5) is 16.2 Å². The number of ether oxygens (including phenoxy) is 1. The maximum atomic E-state index is 12.1. The molecule has 4 amide bonds. The van der Waals surface area contributed by atoms with Crippen LogP contribution in [0.1, 0.15) is 31.2 Å². The lowest BCUT2D eigenvalue weighted by Crippen LogP contribution is -2.37. The van der Waals surface area contributed by atoms with Crippen LogP contribution < -0.4 is 16.0 Å². The standard InChI is InChI=1S/C23H21N3O5S/c1-14-5-10-18(15(2)12-14)25-23(30)26-20(27)13-31-22(29)16-6-8-17(9-7-16)24-21(28)19-4-3-11-32-19/h3-12H,13H2,1-2H3,(H,24,28)(H2,25,26,27,30). The van der Waals surface area contributed by atoms with E-state index >= 15 is 0 Å². The summed E-state index contributed by atoms with van der Waals surface area (Å²) < 4.78 is 4.94. The minimum atomic E-state index is -0.763. The lowest BCUT2D eigenvalue weighted by molar-refractivity contribution is -0.123. The Morgan fingerprint density at radius 1 is 0.938 bits per heavy atom. The molecule has 8 nitrogen and oxygen atoms in total. The first-order chi connectivity index (χ1) is 15.3. The molecule has 1 heterocycles. The molecule has 0 unspecified atom stereocenters.